The summed E-state index contributed by atoms with van der Waals surface area (Å²) in [6, 6.07) is 7.98. The summed E-state index contributed by atoms with van der Waals surface area (Å²) in [6.45, 7) is 1.76. The summed E-state index contributed by atoms with van der Waals surface area (Å²) in [5.74, 6) is 1.20. The highest BCUT2D eigenvalue weighted by molar-refractivity contribution is 9.10. The molecule has 8 heteroatoms. The van der Waals surface area contributed by atoms with Crippen molar-refractivity contribution in [1.82, 2.24) is 19.1 Å². The van der Waals surface area contributed by atoms with E-state index in [1.54, 1.807) is 14.0 Å². The highest BCUT2D eigenvalue weighted by Gasteiger charge is 2.16. The third kappa shape index (κ3) is 3.03. The van der Waals surface area contributed by atoms with Crippen molar-refractivity contribution in [3.8, 4) is 0 Å². The van der Waals surface area contributed by atoms with Gasteiger partial charge in [-0.25, -0.2) is 14.8 Å². The van der Waals surface area contributed by atoms with Gasteiger partial charge in [-0.05, 0) is 24.6 Å². The Kier molecular flexibility index (Phi) is 4.60. The third-order valence-electron chi connectivity index (χ3n) is 3.67. The molecule has 0 radical (unpaired) electrons. The lowest BCUT2D eigenvalue weighted by Crippen LogP contribution is -2.37. The van der Waals surface area contributed by atoms with Crippen LogP contribution in [0.15, 0.2) is 43.4 Å². The Morgan fingerprint density at radius 2 is 1.75 bits per heavy atom. The summed E-state index contributed by atoms with van der Waals surface area (Å²) < 4.78 is 3.49. The molecule has 124 valence electrons. The molecular weight excluding hydrogens is 392 g/mol. The van der Waals surface area contributed by atoms with Crippen molar-refractivity contribution < 1.29 is 0 Å². The molecule has 3 rings (SSSR count). The van der Waals surface area contributed by atoms with Crippen LogP contribution in [0.3, 0.4) is 0 Å². The summed E-state index contributed by atoms with van der Waals surface area (Å²) in [7, 11) is 3.08. The SMILES string of the molecule is Cc1nc(SCc2ccc(Br)cc2)c2c(=O)n(C)c(=O)n(C)c2n1. The maximum atomic E-state index is 12.5. The number of fused-ring (bicyclic) bond motifs is 1. The van der Waals surface area contributed by atoms with E-state index in [0.29, 0.717) is 27.6 Å². The summed E-state index contributed by atoms with van der Waals surface area (Å²) in [5, 5.41) is 0.976. The largest absolute Gasteiger partial charge is 0.332 e. The van der Waals surface area contributed by atoms with Gasteiger partial charge in [0.15, 0.2) is 5.65 Å². The molecule has 0 aliphatic carbocycles. The van der Waals surface area contributed by atoms with Crippen LogP contribution in [0.4, 0.5) is 0 Å². The number of rotatable bonds is 3. The van der Waals surface area contributed by atoms with E-state index in [1.165, 1.54) is 23.4 Å². The van der Waals surface area contributed by atoms with Crippen LogP contribution >= 0.6 is 27.7 Å². The Morgan fingerprint density at radius 3 is 2.42 bits per heavy atom. The molecule has 6 nitrogen and oxygen atoms in total. The first-order chi connectivity index (χ1) is 11.4. The number of hydrogen-bond donors (Lipinski definition) is 0. The lowest BCUT2D eigenvalue weighted by Gasteiger charge is -2.10. The van der Waals surface area contributed by atoms with Crippen LogP contribution in [-0.2, 0) is 19.8 Å². The van der Waals surface area contributed by atoms with Gasteiger partial charge in [-0.15, -0.1) is 11.8 Å². The van der Waals surface area contributed by atoms with Gasteiger partial charge < -0.3 is 0 Å². The van der Waals surface area contributed by atoms with Gasteiger partial charge in [-0.3, -0.25) is 13.9 Å². The fourth-order valence-electron chi connectivity index (χ4n) is 2.37. The zero-order valence-electron chi connectivity index (χ0n) is 13.4. The van der Waals surface area contributed by atoms with Crippen molar-refractivity contribution >= 4 is 38.7 Å². The summed E-state index contributed by atoms with van der Waals surface area (Å²) >= 11 is 4.88. The van der Waals surface area contributed by atoms with Crippen LogP contribution in [0, 0.1) is 6.92 Å². The molecule has 0 saturated heterocycles. The quantitative estimate of drug-likeness (QED) is 0.493. The van der Waals surface area contributed by atoms with Gasteiger partial charge in [0, 0.05) is 24.3 Å². The van der Waals surface area contributed by atoms with E-state index >= 15 is 0 Å². The van der Waals surface area contributed by atoms with E-state index in [4.69, 9.17) is 0 Å². The van der Waals surface area contributed by atoms with E-state index in [9.17, 15) is 9.59 Å². The van der Waals surface area contributed by atoms with Gasteiger partial charge in [0.1, 0.15) is 16.2 Å². The van der Waals surface area contributed by atoms with Gasteiger partial charge in [-0.1, -0.05) is 28.1 Å². The average Bonchev–Trinajstić information content (AvgIpc) is 2.57. The van der Waals surface area contributed by atoms with Crippen LogP contribution in [-0.4, -0.2) is 19.1 Å². The van der Waals surface area contributed by atoms with E-state index in [2.05, 4.69) is 25.9 Å². The average molecular weight is 407 g/mol. The smallest absolute Gasteiger partial charge is 0.280 e. The van der Waals surface area contributed by atoms with Gasteiger partial charge in [0.05, 0.1) is 0 Å². The van der Waals surface area contributed by atoms with Crippen molar-refractivity contribution in [2.24, 2.45) is 14.1 Å². The third-order valence-corrected chi connectivity index (χ3v) is 5.24. The minimum Gasteiger partial charge on any atom is -0.280 e. The van der Waals surface area contributed by atoms with Crippen LogP contribution < -0.4 is 11.2 Å². The first-order valence-electron chi connectivity index (χ1n) is 7.20. The Labute approximate surface area is 150 Å². The van der Waals surface area contributed by atoms with Crippen molar-refractivity contribution in [3.05, 3.63) is 61.0 Å². The van der Waals surface area contributed by atoms with E-state index in [0.717, 1.165) is 14.6 Å². The molecule has 0 atom stereocenters. The molecule has 24 heavy (non-hydrogen) atoms. The second-order valence-electron chi connectivity index (χ2n) is 5.40. The Bertz CT molecular complexity index is 1040. The molecule has 0 bridgehead atoms. The van der Waals surface area contributed by atoms with Gasteiger partial charge in [0.2, 0.25) is 0 Å². The predicted molar refractivity (Wildman–Crippen MR) is 98.5 cm³/mol. The molecule has 1 aromatic carbocycles. The van der Waals surface area contributed by atoms with E-state index < -0.39 is 5.69 Å². The Balaban J connectivity index is 2.12. The van der Waals surface area contributed by atoms with Crippen molar-refractivity contribution in [3.63, 3.8) is 0 Å². The molecular formula is C16H15BrN4O2S. The lowest BCUT2D eigenvalue weighted by atomic mass is 10.2. The molecule has 0 aliphatic heterocycles. The predicted octanol–water partition coefficient (Wildman–Crippen LogP) is 2.39. The highest BCUT2D eigenvalue weighted by Crippen LogP contribution is 2.26. The first kappa shape index (κ1) is 16.9. The Hall–Kier alpha value is -1.93. The first-order valence-corrected chi connectivity index (χ1v) is 8.98. The minimum absolute atomic E-state index is 0.369. The lowest BCUT2D eigenvalue weighted by molar-refractivity contribution is 0.701. The molecule has 0 aliphatic rings. The Morgan fingerprint density at radius 1 is 1.08 bits per heavy atom. The highest BCUT2D eigenvalue weighted by atomic mass is 79.9. The number of benzene rings is 1. The van der Waals surface area contributed by atoms with Crippen LogP contribution in [0.25, 0.3) is 11.0 Å². The van der Waals surface area contributed by atoms with Gasteiger partial charge in [-0.2, -0.15) is 0 Å². The second-order valence-corrected chi connectivity index (χ2v) is 7.28. The number of hydrogen-bond acceptors (Lipinski definition) is 5. The number of aromatic nitrogens is 4. The van der Waals surface area contributed by atoms with E-state index in [1.807, 2.05) is 24.3 Å². The summed E-state index contributed by atoms with van der Waals surface area (Å²) in [5.41, 5.74) is 0.726. The fourth-order valence-corrected chi connectivity index (χ4v) is 3.65. The fraction of sp³-hybridized carbons (Fsp3) is 0.250. The summed E-state index contributed by atoms with van der Waals surface area (Å²) in [6.07, 6.45) is 0. The molecule has 0 unspecified atom stereocenters. The standard InChI is InChI=1S/C16H15BrN4O2S/c1-9-18-13-12(15(22)21(3)16(23)20(13)2)14(19-9)24-8-10-4-6-11(17)7-5-10/h4-7H,8H2,1-3H3. The molecule has 0 fully saturated rings. The van der Waals surface area contributed by atoms with Crippen molar-refractivity contribution in [1.29, 1.82) is 0 Å². The molecule has 2 heterocycles. The normalized spacial score (nSPS) is 11.2. The van der Waals surface area contributed by atoms with Crippen LogP contribution in [0.2, 0.25) is 0 Å². The molecule has 2 aromatic heterocycles. The van der Waals surface area contributed by atoms with Crippen LogP contribution in [0.1, 0.15) is 11.4 Å². The molecule has 0 amide bonds. The molecule has 0 spiro atoms. The van der Waals surface area contributed by atoms with Crippen molar-refractivity contribution in [2.45, 2.75) is 17.7 Å². The maximum Gasteiger partial charge on any atom is 0.332 e. The van der Waals surface area contributed by atoms with Gasteiger partial charge >= 0.3 is 5.69 Å². The topological polar surface area (TPSA) is 69.8 Å². The number of nitrogens with zero attached hydrogens (tertiary/aromatic N) is 4. The minimum atomic E-state index is -0.394. The van der Waals surface area contributed by atoms with Crippen molar-refractivity contribution in [2.75, 3.05) is 0 Å². The van der Waals surface area contributed by atoms with Gasteiger partial charge in [0.25, 0.3) is 5.56 Å². The molecule has 0 N–H and O–H groups in total. The number of halogens is 1. The second kappa shape index (κ2) is 6.52. The summed E-state index contributed by atoms with van der Waals surface area (Å²) in [4.78, 5) is 33.3. The zero-order chi connectivity index (χ0) is 17.4. The van der Waals surface area contributed by atoms with E-state index in [-0.39, 0.29) is 5.56 Å². The molecule has 3 aromatic rings. The number of aryl methyl sites for hydroxylation is 2. The number of thioether (sulfide) groups is 1. The molecule has 0 saturated carbocycles. The van der Waals surface area contributed by atoms with Crippen LogP contribution in [0.5, 0.6) is 0 Å². The zero-order valence-corrected chi connectivity index (χ0v) is 15.8. The maximum absolute atomic E-state index is 12.5. The monoisotopic (exact) mass is 406 g/mol.